The number of amides is 4. The monoisotopic (exact) mass is 1950 g/mol. The van der Waals surface area contributed by atoms with Gasteiger partial charge in [-0.25, -0.2) is 30.0 Å². The van der Waals surface area contributed by atoms with Crippen LogP contribution in [0.25, 0.3) is 55.2 Å². The van der Waals surface area contributed by atoms with Crippen molar-refractivity contribution in [1.29, 1.82) is 0 Å². The van der Waals surface area contributed by atoms with Gasteiger partial charge in [0.25, 0.3) is 33.7 Å². The quantitative estimate of drug-likeness (QED) is 0.0281. The number of nitrogens with one attached hydrogen (secondary N) is 10. The largest absolute Gasteiger partial charge is 0.391 e. The molecule has 14 heterocycles. The molecule has 16 aromatic rings. The molecule has 4 fully saturated rings. The van der Waals surface area contributed by atoms with Gasteiger partial charge in [0.2, 0.25) is 17.7 Å². The lowest BCUT2D eigenvalue weighted by molar-refractivity contribution is -0.171. The van der Waals surface area contributed by atoms with Gasteiger partial charge in [-0.3, -0.25) is 99.0 Å². The summed E-state index contributed by atoms with van der Waals surface area (Å²) in [5, 5.41) is 38.6. The van der Waals surface area contributed by atoms with Gasteiger partial charge in [-0.1, -0.05) is 282 Å². The number of aromatic amines is 10. The van der Waals surface area contributed by atoms with Crippen molar-refractivity contribution in [2.45, 2.75) is 126 Å². The van der Waals surface area contributed by atoms with Crippen LogP contribution in [-0.4, -0.2) is 225 Å². The second-order valence-electron chi connectivity index (χ2n) is 34.0. The molecule has 6 aromatic carbocycles. The molecule has 6 atom stereocenters. The number of hydrogen-bond donors (Lipinski definition) is 11. The summed E-state index contributed by atoms with van der Waals surface area (Å²) in [5.74, 6) is 0.0377. The number of aromatic nitrogens is 20. The van der Waals surface area contributed by atoms with Gasteiger partial charge < -0.3 is 47.5 Å². The molecule has 0 saturated carbocycles. The Morgan fingerprint density at radius 2 is 0.609 bits per heavy atom. The first-order chi connectivity index (χ1) is 67.1. The lowest BCUT2D eigenvalue weighted by Crippen LogP contribution is -2.45. The van der Waals surface area contributed by atoms with Crippen molar-refractivity contribution in [2.75, 3.05) is 66.5 Å². The number of aliphatic hydroxyl groups excluding tert-OH is 1. The average Bonchev–Trinajstić information content (AvgIpc) is 1.63. The highest BCUT2D eigenvalue weighted by molar-refractivity contribution is 7.72. The van der Waals surface area contributed by atoms with Gasteiger partial charge in [0.1, 0.15) is 80.3 Å². The highest BCUT2D eigenvalue weighted by Gasteiger charge is 2.36. The summed E-state index contributed by atoms with van der Waals surface area (Å²) in [7, 11) is 2.91. The molecule has 0 bridgehead atoms. The van der Waals surface area contributed by atoms with Crippen LogP contribution in [0.3, 0.4) is 0 Å². The number of benzene rings is 6. The topological polar surface area (TPSA) is 446 Å². The van der Waals surface area contributed by atoms with Crippen LogP contribution in [0.15, 0.2) is 250 Å². The van der Waals surface area contributed by atoms with Gasteiger partial charge in [-0.05, 0) is 90.7 Å². The fourth-order valence-electron chi connectivity index (χ4n) is 18.1. The van der Waals surface area contributed by atoms with Crippen LogP contribution >= 0.6 is 61.1 Å². The van der Waals surface area contributed by atoms with Crippen LogP contribution in [0.4, 0.5) is 0 Å². The van der Waals surface area contributed by atoms with E-state index < -0.39 is 30.3 Å². The summed E-state index contributed by atoms with van der Waals surface area (Å²) in [4.78, 5) is 148. The van der Waals surface area contributed by atoms with Crippen molar-refractivity contribution in [3.8, 4) is 0 Å². The number of H-pyrrole nitrogens is 10. The van der Waals surface area contributed by atoms with Crippen LogP contribution in [-0.2, 0) is 24.0 Å². The molecule has 10 aromatic heterocycles. The highest BCUT2D eigenvalue weighted by Crippen LogP contribution is 2.37. The van der Waals surface area contributed by atoms with E-state index in [0.717, 1.165) is 143 Å². The van der Waals surface area contributed by atoms with Crippen LogP contribution in [0.2, 0.25) is 0 Å². The third-order valence-electron chi connectivity index (χ3n) is 25.4. The number of aliphatic hydroxyl groups is 1. The van der Waals surface area contributed by atoms with E-state index in [1.807, 2.05) is 142 Å². The van der Waals surface area contributed by atoms with Gasteiger partial charge in [-0.2, -0.15) is 0 Å². The van der Waals surface area contributed by atoms with E-state index in [9.17, 15) is 48.3 Å². The summed E-state index contributed by atoms with van der Waals surface area (Å²) in [6.07, 6.45) is 20.6. The molecule has 712 valence electrons. The Balaban J connectivity index is 0.000000125. The lowest BCUT2D eigenvalue weighted by atomic mass is 9.89. The Bertz CT molecular complexity index is 7500. The molecular weight excluding hydrogens is 1850 g/mol. The first-order valence-corrected chi connectivity index (χ1v) is 47.6. The summed E-state index contributed by atoms with van der Waals surface area (Å²) >= 11 is 27.8. The van der Waals surface area contributed by atoms with E-state index in [0.29, 0.717) is 82.8 Å². The van der Waals surface area contributed by atoms with Gasteiger partial charge in [0.15, 0.2) is 28.2 Å². The van der Waals surface area contributed by atoms with E-state index in [2.05, 4.69) is 130 Å². The zero-order valence-corrected chi connectivity index (χ0v) is 79.7. The fraction of sp³-hybridized carbons (Fsp3) is 0.309. The third kappa shape index (κ3) is 21.2. The average molecular weight is 1960 g/mol. The Hall–Kier alpha value is -14.5. The normalized spacial score (nSPS) is 15.9. The number of likely N-dealkylation sites (tertiary alicyclic amines) is 4. The van der Waals surface area contributed by atoms with E-state index in [4.69, 9.17) is 65.9 Å². The molecule has 4 aliphatic heterocycles. The Morgan fingerprint density at radius 1 is 0.348 bits per heavy atom. The van der Waals surface area contributed by atoms with Crippen molar-refractivity contribution in [2.24, 2.45) is 0 Å². The van der Waals surface area contributed by atoms with Gasteiger partial charge >= 0.3 is 0 Å². The number of carbonyl (C=O) groups is 4. The smallest absolute Gasteiger partial charge is 0.276 e. The number of nitrogens with zero attached hydrogens (tertiary/aromatic N) is 15. The number of piperidine rings is 2. The van der Waals surface area contributed by atoms with E-state index >= 15 is 0 Å². The number of carbonyl (C=O) groups excluding carboxylic acids is 4. The van der Waals surface area contributed by atoms with E-state index in [1.54, 1.807) is 49.7 Å². The molecule has 6 unspecified atom stereocenters. The fourth-order valence-corrected chi connectivity index (χ4v) is 19.8. The molecule has 4 saturated heterocycles. The Labute approximate surface area is 813 Å². The first kappa shape index (κ1) is 96.6. The van der Waals surface area contributed by atoms with Crippen molar-refractivity contribution in [3.05, 3.63) is 334 Å². The van der Waals surface area contributed by atoms with Crippen molar-refractivity contribution < 1.29 is 29.1 Å². The summed E-state index contributed by atoms with van der Waals surface area (Å²) < 4.78 is 9.75. The van der Waals surface area contributed by atoms with Crippen molar-refractivity contribution in [1.82, 2.24) is 123 Å². The number of allylic oxidation sites excluding steroid dienone is 1. The van der Waals surface area contributed by atoms with Crippen molar-refractivity contribution >= 4 is 140 Å². The molecular formula is C97H103N25O11S5. The number of rotatable bonds is 18. The maximum absolute atomic E-state index is 13.6. The third-order valence-corrected chi connectivity index (χ3v) is 27.4. The molecule has 4 aliphatic rings. The Morgan fingerprint density at radius 3 is 0.913 bits per heavy atom. The maximum atomic E-state index is 13.6. The second-order valence-corrected chi connectivity index (χ2v) is 35.9. The minimum absolute atomic E-state index is 0.00249. The molecule has 4 amide bonds. The number of β-amino-alcohol motifs (C(OH)–C–C–N with tert-alkyl or cyclic N) is 1. The van der Waals surface area contributed by atoms with Crippen LogP contribution < -0.4 is 27.8 Å². The number of likely N-dealkylation sites (N-methyl/N-ethyl adjacent to an activating group) is 1. The molecule has 11 N–H and O–H groups in total. The Kier molecular flexibility index (Phi) is 31.2. The summed E-state index contributed by atoms with van der Waals surface area (Å²) in [6.45, 7) is 10.2. The minimum atomic E-state index is -0.796. The summed E-state index contributed by atoms with van der Waals surface area (Å²) in [6, 6.07) is 55.3. The van der Waals surface area contributed by atoms with E-state index in [-0.39, 0.29) is 84.1 Å². The zero-order valence-electron chi connectivity index (χ0n) is 75.6. The molecule has 36 nitrogen and oxygen atoms in total. The lowest BCUT2D eigenvalue weighted by Gasteiger charge is -2.38. The molecule has 41 heteroatoms. The van der Waals surface area contributed by atoms with Crippen LogP contribution in [0.1, 0.15) is 153 Å². The van der Waals surface area contributed by atoms with E-state index in [1.165, 1.54) is 43.4 Å². The predicted octanol–water partition coefficient (Wildman–Crippen LogP) is 13.4. The van der Waals surface area contributed by atoms with Crippen molar-refractivity contribution in [3.63, 3.8) is 0 Å². The number of hydrogen-bond acceptors (Lipinski definition) is 22. The predicted molar refractivity (Wildman–Crippen MR) is 536 cm³/mol. The molecule has 0 radical (unpaired) electrons. The SMILES string of the molecule is C=C(C(c1ccccc1)n1cnc2[nH][nH]c(=O)c2c1=S)N1CCC(c2ccccc2)CC1.CON(C)C(=O)C(c1ccccc1)n1cnc2[nH][nH]c(=O)c2c1=S.O=C(C(c1ccccc1)n1cnc2[nH][nH]c(=O)c2c1=S)N1CCCC(O)C1.O=C(C(c1ccccc1)n1cnc2[nH][nH]c(=O)c2c1=S)N1CCCCCC1.O=C(C(c1ccccc1)n1cnc2[nH][nH]c(=O)c2c1=S)N1CCCCCCC1. The molecule has 20 rings (SSSR count). The summed E-state index contributed by atoms with van der Waals surface area (Å²) in [5.41, 5.74) is 6.85. The standard InChI is InChI=1S/C25H25N5OS.C20H23N5O2S.C19H21N5O2S.C18H19N5O3S.C15H15N5O3S/c1-17(29-14-12-19(13-15-29)18-8-4-2-5-9-18)22(20-10-6-3-7-11-20)30-16-26-23-21(25(30)32)24(31)28-27-23;26-18-15-17(22-23-18)21-13-25(20(15)28)16(14-9-5-4-6-10-14)19(27)24-11-7-2-1-3-8-12-24;25-17-14-16(21-22-17)20-12-24(19(14)27)15(13-8-4-3-5-9-13)18(26)23-10-6-1-2-7-11-23;24-12-7-4-8-22(9-12)17(26)14(11-5-2-1-3-6-11)23-10-19-15-13(18(23)27)16(25)21-20-15;1-19(23-2)14(22)11(9-6-4-3-5-7-9)20-8-16-12-10(15(20)24)13(21)18-17-12/h2-11,16,19,22H,1,12-15H2,(H2,27,28,31);4-6,9-10,13,16H,1-3,7-8,11-12H2,(H2,22,23,26);3-5,8-9,12,15H,1-2,6-7,10-11H2,(H2,21,22,25);1-3,5-6,10,12,14,24H,4,7-9H2,(H2,20,21,25);3-8,11H,1-2H3,(H2,17,18,21). The van der Waals surface area contributed by atoms with Gasteiger partial charge in [0, 0.05) is 65.1 Å². The zero-order chi connectivity index (χ0) is 96.6. The molecule has 138 heavy (non-hydrogen) atoms. The highest BCUT2D eigenvalue weighted by atomic mass is 32.1. The molecule has 0 aliphatic carbocycles. The van der Waals surface area contributed by atoms with Gasteiger partial charge in [0.05, 0.1) is 44.9 Å². The van der Waals surface area contributed by atoms with Crippen LogP contribution in [0, 0.1) is 23.2 Å². The van der Waals surface area contributed by atoms with Crippen LogP contribution in [0.5, 0.6) is 0 Å². The molecule has 0 spiro atoms. The second kappa shape index (κ2) is 44.5. The first-order valence-electron chi connectivity index (χ1n) is 45.5. The maximum Gasteiger partial charge on any atom is 0.276 e. The minimum Gasteiger partial charge on any atom is -0.391 e. The number of hydroxylamine groups is 2. The number of fused-ring (bicyclic) bond motifs is 5. The van der Waals surface area contributed by atoms with Gasteiger partial charge in [-0.15, -0.1) is 0 Å².